The lowest BCUT2D eigenvalue weighted by Crippen LogP contribution is -2.26. The number of allylic oxidation sites excluding steroid dienone is 1. The first-order valence-corrected chi connectivity index (χ1v) is 11.2. The van der Waals surface area contributed by atoms with Crippen molar-refractivity contribution in [2.45, 2.75) is 33.0 Å². The smallest absolute Gasteiger partial charge is 0.343 e. The maximum atomic E-state index is 12.6. The summed E-state index contributed by atoms with van der Waals surface area (Å²) in [6.07, 6.45) is -0.198. The van der Waals surface area contributed by atoms with E-state index in [0.29, 0.717) is 0 Å². The second-order valence-corrected chi connectivity index (χ2v) is 7.90. The molecule has 0 spiro atoms. The number of rotatable bonds is 14. The van der Waals surface area contributed by atoms with Crippen molar-refractivity contribution in [1.29, 1.82) is 0 Å². The molecule has 0 aliphatic heterocycles. The van der Waals surface area contributed by atoms with Crippen LogP contribution in [0.2, 0.25) is 0 Å². The number of hydrogen-bond donors (Lipinski definition) is 2. The van der Waals surface area contributed by atoms with Crippen molar-refractivity contribution in [3.8, 4) is 0 Å². The molecular formula is C26H30O12. The minimum atomic E-state index is -1.35. The fraction of sp³-hybridized carbons (Fsp3) is 0.346. The average molecular weight is 535 g/mol. The molecule has 0 bridgehead atoms. The zero-order valence-corrected chi connectivity index (χ0v) is 21.3. The normalized spacial score (nSPS) is 12.1. The van der Waals surface area contributed by atoms with E-state index in [9.17, 15) is 34.2 Å². The zero-order valence-electron chi connectivity index (χ0n) is 21.3. The Morgan fingerprint density at radius 3 is 1.71 bits per heavy atom. The van der Waals surface area contributed by atoms with E-state index >= 15 is 0 Å². The Hall–Kier alpha value is -4.29. The molecule has 0 aliphatic rings. The SMILES string of the molecule is C=C(C)C(=O)OCC(O)COC(=O)c1ccc(C(=O)OCC(O)COC(=O)C(=C)C)c(C(=O)OC=CC)c1. The van der Waals surface area contributed by atoms with Crippen LogP contribution in [0.1, 0.15) is 51.8 Å². The third-order valence-electron chi connectivity index (χ3n) is 4.33. The molecule has 0 heterocycles. The number of benzene rings is 1. The molecule has 1 rings (SSSR count). The number of hydrogen-bond acceptors (Lipinski definition) is 12. The lowest BCUT2D eigenvalue weighted by Gasteiger charge is -2.14. The molecule has 0 aliphatic carbocycles. The van der Waals surface area contributed by atoms with E-state index in [1.54, 1.807) is 6.92 Å². The molecule has 0 radical (unpaired) electrons. The molecule has 0 saturated carbocycles. The number of ether oxygens (including phenoxy) is 5. The van der Waals surface area contributed by atoms with E-state index in [4.69, 9.17) is 23.7 Å². The molecule has 1 aromatic rings. The number of esters is 5. The molecule has 38 heavy (non-hydrogen) atoms. The Morgan fingerprint density at radius 1 is 0.763 bits per heavy atom. The summed E-state index contributed by atoms with van der Waals surface area (Å²) in [4.78, 5) is 60.3. The summed E-state index contributed by atoms with van der Waals surface area (Å²) in [5.74, 6) is -4.43. The van der Waals surface area contributed by atoms with Crippen LogP contribution in [0.4, 0.5) is 0 Å². The van der Waals surface area contributed by atoms with Gasteiger partial charge in [-0.2, -0.15) is 0 Å². The number of carbonyl (C=O) groups is 5. The fourth-order valence-electron chi connectivity index (χ4n) is 2.40. The van der Waals surface area contributed by atoms with Gasteiger partial charge in [-0.1, -0.05) is 19.2 Å². The molecule has 2 unspecified atom stereocenters. The van der Waals surface area contributed by atoms with Gasteiger partial charge < -0.3 is 33.9 Å². The van der Waals surface area contributed by atoms with Crippen molar-refractivity contribution in [1.82, 2.24) is 0 Å². The van der Waals surface area contributed by atoms with E-state index < -0.39 is 68.5 Å². The van der Waals surface area contributed by atoms with Crippen LogP contribution in [0.15, 0.2) is 54.8 Å². The van der Waals surface area contributed by atoms with Gasteiger partial charge in [0.25, 0.3) is 0 Å². The van der Waals surface area contributed by atoms with Gasteiger partial charge in [-0.15, -0.1) is 0 Å². The van der Waals surface area contributed by atoms with Gasteiger partial charge in [-0.05, 0) is 39.0 Å². The summed E-state index contributed by atoms with van der Waals surface area (Å²) in [6.45, 7) is 9.23. The number of aliphatic hydroxyl groups is 2. The molecular weight excluding hydrogens is 504 g/mol. The first-order chi connectivity index (χ1) is 17.9. The van der Waals surface area contributed by atoms with Gasteiger partial charge in [-0.3, -0.25) is 0 Å². The molecule has 206 valence electrons. The summed E-state index contributed by atoms with van der Waals surface area (Å²) < 4.78 is 24.4. The van der Waals surface area contributed by atoms with Crippen molar-refractivity contribution < 1.29 is 57.9 Å². The zero-order chi connectivity index (χ0) is 28.8. The minimum absolute atomic E-state index is 0.123. The Labute approximate surface area is 219 Å². The highest BCUT2D eigenvalue weighted by Crippen LogP contribution is 2.17. The van der Waals surface area contributed by atoms with Crippen molar-refractivity contribution >= 4 is 29.8 Å². The molecule has 2 atom stereocenters. The topological polar surface area (TPSA) is 172 Å². The molecule has 0 aromatic heterocycles. The minimum Gasteiger partial charge on any atom is -0.459 e. The van der Waals surface area contributed by atoms with Crippen molar-refractivity contribution in [3.05, 3.63) is 71.5 Å². The predicted molar refractivity (Wildman–Crippen MR) is 131 cm³/mol. The van der Waals surface area contributed by atoms with Gasteiger partial charge in [0.05, 0.1) is 23.0 Å². The monoisotopic (exact) mass is 534 g/mol. The first-order valence-electron chi connectivity index (χ1n) is 11.2. The molecule has 12 nitrogen and oxygen atoms in total. The van der Waals surface area contributed by atoms with Crippen molar-refractivity contribution in [2.75, 3.05) is 26.4 Å². The highest BCUT2D eigenvalue weighted by atomic mass is 16.6. The maximum absolute atomic E-state index is 12.6. The Kier molecular flexibility index (Phi) is 13.1. The lowest BCUT2D eigenvalue weighted by molar-refractivity contribution is -0.143. The van der Waals surface area contributed by atoms with Gasteiger partial charge >= 0.3 is 29.8 Å². The van der Waals surface area contributed by atoms with Crippen molar-refractivity contribution in [3.63, 3.8) is 0 Å². The van der Waals surface area contributed by atoms with E-state index in [1.807, 2.05) is 0 Å². The number of aliphatic hydroxyl groups excluding tert-OH is 2. The summed E-state index contributed by atoms with van der Waals surface area (Å²) in [7, 11) is 0. The van der Waals surface area contributed by atoms with Crippen molar-refractivity contribution in [2.24, 2.45) is 0 Å². The molecule has 0 fully saturated rings. The Bertz CT molecular complexity index is 1100. The second kappa shape index (κ2) is 15.7. The van der Waals surface area contributed by atoms with E-state index in [0.717, 1.165) is 18.4 Å². The van der Waals surface area contributed by atoms with Gasteiger partial charge in [0.1, 0.15) is 38.6 Å². The van der Waals surface area contributed by atoms with Crippen LogP contribution in [0, 0.1) is 0 Å². The maximum Gasteiger partial charge on any atom is 0.343 e. The largest absolute Gasteiger partial charge is 0.459 e. The number of carbonyl (C=O) groups excluding carboxylic acids is 5. The van der Waals surface area contributed by atoms with Crippen LogP contribution in [-0.4, -0.2) is 78.7 Å². The molecule has 1 aromatic carbocycles. The average Bonchev–Trinajstić information content (AvgIpc) is 2.89. The lowest BCUT2D eigenvalue weighted by atomic mass is 10.0. The van der Waals surface area contributed by atoms with Crippen LogP contribution in [0.25, 0.3) is 0 Å². The van der Waals surface area contributed by atoms with Crippen LogP contribution in [0.3, 0.4) is 0 Å². The molecule has 2 N–H and O–H groups in total. The van der Waals surface area contributed by atoms with E-state index in [-0.39, 0.29) is 27.8 Å². The van der Waals surface area contributed by atoms with Gasteiger partial charge in [0, 0.05) is 11.1 Å². The highest BCUT2D eigenvalue weighted by Gasteiger charge is 2.23. The Balaban J connectivity index is 2.92. The highest BCUT2D eigenvalue weighted by molar-refractivity contribution is 6.05. The predicted octanol–water partition coefficient (Wildman–Crippen LogP) is 1.65. The third-order valence-corrected chi connectivity index (χ3v) is 4.33. The van der Waals surface area contributed by atoms with Crippen LogP contribution < -0.4 is 0 Å². The molecule has 0 saturated heterocycles. The van der Waals surface area contributed by atoms with Gasteiger partial charge in [0.2, 0.25) is 0 Å². The molecule has 0 amide bonds. The third kappa shape index (κ3) is 10.8. The van der Waals surface area contributed by atoms with Gasteiger partial charge in [0.15, 0.2) is 0 Å². The quantitative estimate of drug-likeness (QED) is 0.153. The summed E-state index contributed by atoms with van der Waals surface area (Å²) in [6, 6.07) is 3.32. The second-order valence-electron chi connectivity index (χ2n) is 7.90. The van der Waals surface area contributed by atoms with E-state index in [2.05, 4.69) is 13.2 Å². The van der Waals surface area contributed by atoms with Crippen LogP contribution in [-0.2, 0) is 33.3 Å². The van der Waals surface area contributed by atoms with Crippen LogP contribution >= 0.6 is 0 Å². The van der Waals surface area contributed by atoms with Crippen LogP contribution in [0.5, 0.6) is 0 Å². The van der Waals surface area contributed by atoms with E-state index in [1.165, 1.54) is 26.0 Å². The first kappa shape index (κ1) is 31.7. The Morgan fingerprint density at radius 2 is 1.24 bits per heavy atom. The standard InChI is InChI=1S/C26H30O12/c1-6-9-34-26(33)21-10-17(24(31)37-13-18(27)11-35-22(29)15(2)3)7-8-20(21)25(32)38-14-19(28)12-36-23(30)16(4)5/h6-10,18-19,27-28H,2,4,11-14H2,1,3,5H3. The van der Waals surface area contributed by atoms with Gasteiger partial charge in [-0.25, -0.2) is 24.0 Å². The summed E-state index contributed by atoms with van der Waals surface area (Å²) >= 11 is 0. The summed E-state index contributed by atoms with van der Waals surface area (Å²) in [5, 5.41) is 19.7. The molecule has 12 heteroatoms. The summed E-state index contributed by atoms with van der Waals surface area (Å²) in [5.41, 5.74) is -0.536. The fourth-order valence-corrected chi connectivity index (χ4v) is 2.40.